The van der Waals surface area contributed by atoms with Crippen molar-refractivity contribution in [2.24, 2.45) is 5.41 Å². The van der Waals surface area contributed by atoms with Crippen molar-refractivity contribution in [1.29, 1.82) is 0 Å². The first-order chi connectivity index (χ1) is 12.5. The maximum Gasteiger partial charge on any atom is 0.254 e. The number of piperidine rings is 1. The van der Waals surface area contributed by atoms with Crippen LogP contribution in [0.2, 0.25) is 5.02 Å². The Bertz CT molecular complexity index is 750. The minimum absolute atomic E-state index is 0. The number of carbonyl (C=O) groups is 1. The molecule has 6 nitrogen and oxygen atoms in total. The number of halogens is 2. The summed E-state index contributed by atoms with van der Waals surface area (Å²) in [5.41, 5.74) is 2.26. The van der Waals surface area contributed by atoms with Crippen molar-refractivity contribution in [1.82, 2.24) is 20.4 Å². The lowest BCUT2D eigenvalue weighted by molar-refractivity contribution is 0.0511. The van der Waals surface area contributed by atoms with Crippen LogP contribution in [0.25, 0.3) is 5.69 Å². The largest absolute Gasteiger partial charge is 0.384 e. The molecule has 2 aromatic rings. The highest BCUT2D eigenvalue weighted by atomic mass is 35.5. The van der Waals surface area contributed by atoms with E-state index in [1.54, 1.807) is 18.0 Å². The normalized spacial score (nSPS) is 15.8. The number of hydrogen-bond acceptors (Lipinski definition) is 4. The van der Waals surface area contributed by atoms with Crippen molar-refractivity contribution in [2.45, 2.75) is 19.8 Å². The molecule has 0 aliphatic carbocycles. The van der Waals surface area contributed by atoms with Gasteiger partial charge >= 0.3 is 0 Å². The Labute approximate surface area is 171 Å². The summed E-state index contributed by atoms with van der Waals surface area (Å²) in [5.74, 6) is -0.100. The summed E-state index contributed by atoms with van der Waals surface area (Å²) in [7, 11) is 1.71. The van der Waals surface area contributed by atoms with Gasteiger partial charge in [-0.15, -0.1) is 12.4 Å². The van der Waals surface area contributed by atoms with Crippen molar-refractivity contribution >= 4 is 29.9 Å². The predicted octanol–water partition coefficient (Wildman–Crippen LogP) is 3.00. The molecule has 27 heavy (non-hydrogen) atoms. The van der Waals surface area contributed by atoms with Crippen molar-refractivity contribution in [3.05, 3.63) is 46.7 Å². The number of ether oxygens (including phenoxy) is 1. The van der Waals surface area contributed by atoms with Gasteiger partial charge in [-0.2, -0.15) is 5.10 Å². The van der Waals surface area contributed by atoms with Gasteiger partial charge in [-0.05, 0) is 57.1 Å². The first kappa shape index (κ1) is 21.7. The topological polar surface area (TPSA) is 68.2 Å². The molecular weight excluding hydrogens is 387 g/mol. The van der Waals surface area contributed by atoms with E-state index in [1.807, 2.05) is 31.2 Å². The number of nitrogens with one attached hydrogen (secondary N) is 2. The van der Waals surface area contributed by atoms with Gasteiger partial charge in [-0.3, -0.25) is 4.79 Å². The summed E-state index contributed by atoms with van der Waals surface area (Å²) in [6, 6.07) is 7.38. The molecule has 0 atom stereocenters. The van der Waals surface area contributed by atoms with Crippen LogP contribution in [0.15, 0.2) is 30.5 Å². The number of hydrogen-bond donors (Lipinski definition) is 2. The first-order valence-electron chi connectivity index (χ1n) is 8.83. The Morgan fingerprint density at radius 1 is 1.33 bits per heavy atom. The molecule has 1 saturated heterocycles. The minimum Gasteiger partial charge on any atom is -0.384 e. The maximum absolute atomic E-state index is 12.7. The van der Waals surface area contributed by atoms with E-state index in [1.165, 1.54) is 0 Å². The van der Waals surface area contributed by atoms with Gasteiger partial charge in [0.15, 0.2) is 0 Å². The minimum atomic E-state index is -0.100. The van der Waals surface area contributed by atoms with Crippen molar-refractivity contribution in [2.75, 3.05) is 33.4 Å². The van der Waals surface area contributed by atoms with Gasteiger partial charge < -0.3 is 15.4 Å². The van der Waals surface area contributed by atoms with Crippen molar-refractivity contribution in [3.63, 3.8) is 0 Å². The van der Waals surface area contributed by atoms with Gasteiger partial charge in [-0.25, -0.2) is 4.68 Å². The summed E-state index contributed by atoms with van der Waals surface area (Å²) in [6.07, 6.45) is 3.60. The van der Waals surface area contributed by atoms with Gasteiger partial charge in [0.1, 0.15) is 0 Å². The Hall–Kier alpha value is -1.60. The number of carbonyl (C=O) groups excluding carboxylic acids is 1. The molecule has 3 rings (SSSR count). The number of aromatic nitrogens is 2. The van der Waals surface area contributed by atoms with E-state index >= 15 is 0 Å². The second-order valence-electron chi connectivity index (χ2n) is 6.90. The molecule has 1 amide bonds. The second kappa shape index (κ2) is 9.55. The van der Waals surface area contributed by atoms with E-state index < -0.39 is 0 Å². The molecule has 148 valence electrons. The molecule has 1 fully saturated rings. The molecule has 1 aliphatic heterocycles. The van der Waals surface area contributed by atoms with E-state index in [-0.39, 0.29) is 23.7 Å². The number of rotatable bonds is 6. The van der Waals surface area contributed by atoms with E-state index in [0.29, 0.717) is 23.7 Å². The molecule has 0 unspecified atom stereocenters. The van der Waals surface area contributed by atoms with Gasteiger partial charge in [0.05, 0.1) is 29.7 Å². The zero-order valence-electron chi connectivity index (χ0n) is 15.6. The van der Waals surface area contributed by atoms with E-state index in [2.05, 4.69) is 15.7 Å². The summed E-state index contributed by atoms with van der Waals surface area (Å²) >= 11 is 5.94. The van der Waals surface area contributed by atoms with Gasteiger partial charge in [0.25, 0.3) is 5.91 Å². The highest BCUT2D eigenvalue weighted by Crippen LogP contribution is 2.28. The molecule has 0 saturated carbocycles. The maximum atomic E-state index is 12.7. The summed E-state index contributed by atoms with van der Waals surface area (Å²) in [6.45, 7) is 5.05. The Morgan fingerprint density at radius 3 is 2.63 bits per heavy atom. The summed E-state index contributed by atoms with van der Waals surface area (Å²) < 4.78 is 7.16. The van der Waals surface area contributed by atoms with Crippen LogP contribution in [0.3, 0.4) is 0 Å². The van der Waals surface area contributed by atoms with Crippen LogP contribution in [0.1, 0.15) is 28.9 Å². The molecule has 1 aromatic heterocycles. The van der Waals surface area contributed by atoms with Crippen LogP contribution in [-0.4, -0.2) is 49.0 Å². The molecule has 1 aliphatic rings. The molecular formula is C19H26Cl2N4O2. The van der Waals surface area contributed by atoms with Crippen LogP contribution in [0.4, 0.5) is 0 Å². The van der Waals surface area contributed by atoms with E-state index in [0.717, 1.165) is 37.3 Å². The average molecular weight is 413 g/mol. The average Bonchev–Trinajstić information content (AvgIpc) is 3.03. The Balaban J connectivity index is 0.00000261. The summed E-state index contributed by atoms with van der Waals surface area (Å²) in [5, 5.41) is 11.5. The Morgan fingerprint density at radius 2 is 2.00 bits per heavy atom. The molecule has 1 aromatic carbocycles. The predicted molar refractivity (Wildman–Crippen MR) is 109 cm³/mol. The smallest absolute Gasteiger partial charge is 0.254 e. The van der Waals surface area contributed by atoms with Crippen molar-refractivity contribution < 1.29 is 9.53 Å². The van der Waals surface area contributed by atoms with E-state index in [4.69, 9.17) is 16.3 Å². The monoisotopic (exact) mass is 412 g/mol. The lowest BCUT2D eigenvalue weighted by atomic mass is 9.79. The lowest BCUT2D eigenvalue weighted by Crippen LogP contribution is -2.47. The lowest BCUT2D eigenvalue weighted by Gasteiger charge is -2.37. The van der Waals surface area contributed by atoms with Crippen LogP contribution >= 0.6 is 24.0 Å². The molecule has 0 bridgehead atoms. The number of benzene rings is 1. The van der Waals surface area contributed by atoms with Crippen LogP contribution < -0.4 is 10.6 Å². The van der Waals surface area contributed by atoms with Gasteiger partial charge in [-0.1, -0.05) is 11.6 Å². The highest BCUT2D eigenvalue weighted by molar-refractivity contribution is 6.30. The van der Waals surface area contributed by atoms with E-state index in [9.17, 15) is 4.79 Å². The zero-order valence-corrected chi connectivity index (χ0v) is 17.2. The SMILES string of the molecule is COCC1(CNC(=O)c2cnn(-c3ccc(Cl)cc3)c2C)CCNCC1.Cl. The van der Waals surface area contributed by atoms with Crippen LogP contribution in [0.5, 0.6) is 0 Å². The van der Waals surface area contributed by atoms with Crippen LogP contribution in [-0.2, 0) is 4.74 Å². The fourth-order valence-electron chi connectivity index (χ4n) is 3.47. The third-order valence-corrected chi connectivity index (χ3v) is 5.32. The quantitative estimate of drug-likeness (QED) is 0.764. The fourth-order valence-corrected chi connectivity index (χ4v) is 3.60. The van der Waals surface area contributed by atoms with Crippen molar-refractivity contribution in [3.8, 4) is 5.69 Å². The summed E-state index contributed by atoms with van der Waals surface area (Å²) in [4.78, 5) is 12.7. The third-order valence-electron chi connectivity index (χ3n) is 5.06. The zero-order chi connectivity index (χ0) is 18.6. The third kappa shape index (κ3) is 5.02. The first-order valence-corrected chi connectivity index (χ1v) is 9.21. The second-order valence-corrected chi connectivity index (χ2v) is 7.33. The molecule has 2 N–H and O–H groups in total. The van der Waals surface area contributed by atoms with Gasteiger partial charge in [0.2, 0.25) is 0 Å². The van der Waals surface area contributed by atoms with Gasteiger partial charge in [0, 0.05) is 24.1 Å². The fraction of sp³-hybridized carbons (Fsp3) is 0.474. The number of nitrogens with zero attached hydrogens (tertiary/aromatic N) is 2. The van der Waals surface area contributed by atoms with Crippen LogP contribution in [0, 0.1) is 12.3 Å². The molecule has 8 heteroatoms. The molecule has 0 radical (unpaired) electrons. The Kier molecular flexibility index (Phi) is 7.68. The highest BCUT2D eigenvalue weighted by Gasteiger charge is 2.32. The number of methoxy groups -OCH3 is 1. The standard InChI is InChI=1S/C19H25ClN4O2.ClH/c1-14-17(11-23-24(14)16-5-3-15(20)4-6-16)18(25)22-12-19(13-26-2)7-9-21-10-8-19;/h3-6,11,21H,7-10,12-13H2,1-2H3,(H,22,25);1H. The number of amides is 1. The molecule has 0 spiro atoms. The molecule has 2 heterocycles.